The van der Waals surface area contributed by atoms with Gasteiger partial charge >= 0.3 is 6.03 Å². The Labute approximate surface area is 196 Å². The summed E-state index contributed by atoms with van der Waals surface area (Å²) in [5.41, 5.74) is 1.39. The van der Waals surface area contributed by atoms with Crippen LogP contribution in [0.2, 0.25) is 0 Å². The van der Waals surface area contributed by atoms with Gasteiger partial charge in [0.25, 0.3) is 0 Å². The monoisotopic (exact) mass is 467 g/mol. The molecular formula is C25H26FN3O3S. The van der Waals surface area contributed by atoms with Crippen molar-refractivity contribution in [2.45, 2.75) is 32.0 Å². The van der Waals surface area contributed by atoms with Crippen molar-refractivity contribution < 1.29 is 18.7 Å². The van der Waals surface area contributed by atoms with Crippen molar-refractivity contribution in [1.29, 1.82) is 0 Å². The Balaban J connectivity index is 1.49. The maximum Gasteiger partial charge on any atom is 0.322 e. The number of urea groups is 1. The molecule has 0 unspecified atom stereocenters. The summed E-state index contributed by atoms with van der Waals surface area (Å²) in [4.78, 5) is 30.8. The van der Waals surface area contributed by atoms with Gasteiger partial charge in [-0.1, -0.05) is 30.3 Å². The van der Waals surface area contributed by atoms with Crippen LogP contribution >= 0.6 is 11.3 Å². The molecule has 3 amide bonds. The summed E-state index contributed by atoms with van der Waals surface area (Å²) in [5, 5.41) is 4.85. The second-order valence-electron chi connectivity index (χ2n) is 7.95. The van der Waals surface area contributed by atoms with Crippen LogP contribution in [0.3, 0.4) is 0 Å². The minimum absolute atomic E-state index is 0.0295. The SMILES string of the molecule is COc1ccccc1NC(=O)N(CC(=O)N(Cc1ccc(F)cc1)Cc1cccs1)C1CC1. The predicted octanol–water partition coefficient (Wildman–Crippen LogP) is 5.12. The molecule has 4 rings (SSSR count). The van der Waals surface area contributed by atoms with Crippen molar-refractivity contribution in [3.63, 3.8) is 0 Å². The molecule has 2 aromatic carbocycles. The quantitative estimate of drug-likeness (QED) is 0.475. The maximum absolute atomic E-state index is 13.4. The van der Waals surface area contributed by atoms with Crippen molar-refractivity contribution >= 4 is 29.0 Å². The fourth-order valence-electron chi connectivity index (χ4n) is 3.57. The van der Waals surface area contributed by atoms with Gasteiger partial charge < -0.3 is 19.9 Å². The molecular weight excluding hydrogens is 441 g/mol. The van der Waals surface area contributed by atoms with E-state index < -0.39 is 0 Å². The molecule has 0 radical (unpaired) electrons. The average Bonchev–Trinajstić information content (AvgIpc) is 3.53. The van der Waals surface area contributed by atoms with E-state index in [1.807, 2.05) is 29.6 Å². The molecule has 1 heterocycles. The van der Waals surface area contributed by atoms with E-state index in [0.717, 1.165) is 23.3 Å². The van der Waals surface area contributed by atoms with Gasteiger partial charge in [-0.05, 0) is 54.1 Å². The molecule has 0 bridgehead atoms. The number of hydrogen-bond donors (Lipinski definition) is 1. The average molecular weight is 468 g/mol. The first-order valence-corrected chi connectivity index (χ1v) is 11.7. The second kappa shape index (κ2) is 10.5. The Bertz CT molecular complexity index is 1080. The van der Waals surface area contributed by atoms with E-state index in [0.29, 0.717) is 24.5 Å². The topological polar surface area (TPSA) is 61.9 Å². The van der Waals surface area contributed by atoms with Crippen LogP contribution in [0.25, 0.3) is 0 Å². The third-order valence-electron chi connectivity index (χ3n) is 5.47. The Morgan fingerprint density at radius 3 is 2.48 bits per heavy atom. The number of carbonyl (C=O) groups is 2. The molecule has 1 N–H and O–H groups in total. The zero-order chi connectivity index (χ0) is 23.2. The smallest absolute Gasteiger partial charge is 0.322 e. The molecule has 8 heteroatoms. The number of nitrogens with zero attached hydrogens (tertiary/aromatic N) is 2. The number of methoxy groups -OCH3 is 1. The molecule has 3 aromatic rings. The van der Waals surface area contributed by atoms with Gasteiger partial charge in [0.1, 0.15) is 18.1 Å². The van der Waals surface area contributed by atoms with E-state index in [4.69, 9.17) is 4.74 Å². The highest BCUT2D eigenvalue weighted by Crippen LogP contribution is 2.29. The minimum atomic E-state index is -0.326. The molecule has 0 aliphatic heterocycles. The van der Waals surface area contributed by atoms with Gasteiger partial charge in [0.2, 0.25) is 5.91 Å². The van der Waals surface area contributed by atoms with Crippen LogP contribution in [0.5, 0.6) is 5.75 Å². The Kier molecular flexibility index (Phi) is 7.24. The lowest BCUT2D eigenvalue weighted by molar-refractivity contribution is -0.133. The van der Waals surface area contributed by atoms with Gasteiger partial charge in [0.05, 0.1) is 19.3 Å². The first-order valence-electron chi connectivity index (χ1n) is 10.8. The molecule has 0 saturated heterocycles. The van der Waals surface area contributed by atoms with E-state index in [1.165, 1.54) is 12.1 Å². The fraction of sp³-hybridized carbons (Fsp3) is 0.280. The zero-order valence-electron chi connectivity index (χ0n) is 18.4. The van der Waals surface area contributed by atoms with Crippen molar-refractivity contribution in [3.05, 3.63) is 82.3 Å². The molecule has 1 aliphatic rings. The molecule has 0 atom stereocenters. The van der Waals surface area contributed by atoms with Crippen LogP contribution in [0.1, 0.15) is 23.3 Å². The third kappa shape index (κ3) is 6.10. The lowest BCUT2D eigenvalue weighted by Crippen LogP contribution is -2.45. The van der Waals surface area contributed by atoms with Crippen LogP contribution in [0, 0.1) is 5.82 Å². The van der Waals surface area contributed by atoms with Gasteiger partial charge in [-0.2, -0.15) is 0 Å². The highest BCUT2D eigenvalue weighted by molar-refractivity contribution is 7.09. The number of nitrogens with one attached hydrogen (secondary N) is 1. The van der Waals surface area contributed by atoms with Gasteiger partial charge in [-0.3, -0.25) is 4.79 Å². The summed E-state index contributed by atoms with van der Waals surface area (Å²) in [7, 11) is 1.55. The van der Waals surface area contributed by atoms with E-state index in [9.17, 15) is 14.0 Å². The lowest BCUT2D eigenvalue weighted by Gasteiger charge is -2.28. The number of thiophene rings is 1. The molecule has 1 fully saturated rings. The van der Waals surface area contributed by atoms with Gasteiger partial charge in [-0.25, -0.2) is 9.18 Å². The van der Waals surface area contributed by atoms with Crippen LogP contribution < -0.4 is 10.1 Å². The van der Waals surface area contributed by atoms with E-state index >= 15 is 0 Å². The predicted molar refractivity (Wildman–Crippen MR) is 127 cm³/mol. The molecule has 6 nitrogen and oxygen atoms in total. The summed E-state index contributed by atoms with van der Waals surface area (Å²) in [6.45, 7) is 0.738. The standard InChI is InChI=1S/C25H26FN3O3S/c1-32-23-7-3-2-6-22(23)27-25(31)29(20-12-13-20)17-24(30)28(16-21-5-4-14-33-21)15-18-8-10-19(26)11-9-18/h2-11,14,20H,12-13,15-17H2,1H3,(H,27,31). The number of amides is 3. The number of ether oxygens (including phenoxy) is 1. The summed E-state index contributed by atoms with van der Waals surface area (Å²) in [6, 6.07) is 16.9. The van der Waals surface area contributed by atoms with Crippen LogP contribution in [0.15, 0.2) is 66.0 Å². The van der Waals surface area contributed by atoms with E-state index in [2.05, 4.69) is 5.32 Å². The van der Waals surface area contributed by atoms with Gasteiger partial charge in [0, 0.05) is 17.5 Å². The zero-order valence-corrected chi connectivity index (χ0v) is 19.2. The number of carbonyl (C=O) groups excluding carboxylic acids is 2. The maximum atomic E-state index is 13.4. The van der Waals surface area contributed by atoms with Gasteiger partial charge in [-0.15, -0.1) is 11.3 Å². The van der Waals surface area contributed by atoms with Crippen LogP contribution in [-0.2, 0) is 17.9 Å². The third-order valence-corrected chi connectivity index (χ3v) is 6.33. The Morgan fingerprint density at radius 1 is 1.06 bits per heavy atom. The molecule has 1 aromatic heterocycles. The van der Waals surface area contributed by atoms with Crippen LogP contribution in [-0.4, -0.2) is 41.4 Å². The Morgan fingerprint density at radius 2 is 1.82 bits per heavy atom. The molecule has 1 aliphatic carbocycles. The van der Waals surface area contributed by atoms with Crippen molar-refractivity contribution in [1.82, 2.24) is 9.80 Å². The molecule has 0 spiro atoms. The van der Waals surface area contributed by atoms with Crippen molar-refractivity contribution in [3.8, 4) is 5.75 Å². The summed E-state index contributed by atoms with van der Waals surface area (Å²) < 4.78 is 18.7. The number of benzene rings is 2. The number of anilines is 1. The normalized spacial score (nSPS) is 12.8. The fourth-order valence-corrected chi connectivity index (χ4v) is 4.29. The van der Waals surface area contributed by atoms with Gasteiger partial charge in [0.15, 0.2) is 0 Å². The number of halogens is 1. The van der Waals surface area contributed by atoms with E-state index in [1.54, 1.807) is 52.5 Å². The second-order valence-corrected chi connectivity index (χ2v) is 8.98. The Hall–Kier alpha value is -3.39. The largest absolute Gasteiger partial charge is 0.495 e. The van der Waals surface area contributed by atoms with Crippen molar-refractivity contribution in [2.24, 2.45) is 0 Å². The van der Waals surface area contributed by atoms with Crippen LogP contribution in [0.4, 0.5) is 14.9 Å². The summed E-state index contributed by atoms with van der Waals surface area (Å²) in [6.07, 6.45) is 1.74. The number of rotatable bonds is 9. The molecule has 33 heavy (non-hydrogen) atoms. The highest BCUT2D eigenvalue weighted by atomic mass is 32.1. The number of hydrogen-bond acceptors (Lipinski definition) is 4. The summed E-state index contributed by atoms with van der Waals surface area (Å²) in [5.74, 6) is 0.0844. The molecule has 172 valence electrons. The molecule has 1 saturated carbocycles. The van der Waals surface area contributed by atoms with E-state index in [-0.39, 0.29) is 30.3 Å². The lowest BCUT2D eigenvalue weighted by atomic mass is 10.2. The summed E-state index contributed by atoms with van der Waals surface area (Å²) >= 11 is 1.57. The van der Waals surface area contributed by atoms with Crippen molar-refractivity contribution in [2.75, 3.05) is 19.0 Å². The minimum Gasteiger partial charge on any atom is -0.495 e. The highest BCUT2D eigenvalue weighted by Gasteiger charge is 2.35. The first-order chi connectivity index (χ1) is 16.0. The first kappa shape index (κ1) is 22.8. The number of para-hydroxylation sites is 2.